The molecule has 2 fully saturated rings. The number of benzene rings is 1. The first-order chi connectivity index (χ1) is 12.7. The number of aromatic hydroxyl groups is 2. The topological polar surface area (TPSA) is 96.2 Å². The van der Waals surface area contributed by atoms with Gasteiger partial charge in [-0.1, -0.05) is 27.2 Å². The molecule has 2 aliphatic carbocycles. The highest BCUT2D eigenvalue weighted by atomic mass is 16.6. The van der Waals surface area contributed by atoms with Gasteiger partial charge in [0.15, 0.2) is 11.5 Å². The summed E-state index contributed by atoms with van der Waals surface area (Å²) in [6.45, 7) is 5.88. The van der Waals surface area contributed by atoms with E-state index in [-0.39, 0.29) is 41.3 Å². The summed E-state index contributed by atoms with van der Waals surface area (Å²) in [4.78, 5) is 13.2. The molecule has 3 aliphatic rings. The molecule has 0 unspecified atom stereocenters. The van der Waals surface area contributed by atoms with Gasteiger partial charge in [0.25, 0.3) is 0 Å². The van der Waals surface area contributed by atoms with Crippen LogP contribution in [-0.2, 0) is 19.7 Å². The average Bonchev–Trinajstić information content (AvgIpc) is 2.87. The fraction of sp³-hybridized carbons (Fsp3) is 0.667. The van der Waals surface area contributed by atoms with Crippen LogP contribution in [0.5, 0.6) is 11.5 Å². The predicted octanol–water partition coefficient (Wildman–Crippen LogP) is 2.88. The van der Waals surface area contributed by atoms with Crippen molar-refractivity contribution in [2.75, 3.05) is 13.7 Å². The number of phenolic OH excluding ortho intramolecular Hbond substituents is 2. The number of fused-ring (bicyclic) bond motifs is 1. The van der Waals surface area contributed by atoms with Crippen LogP contribution in [0.1, 0.15) is 68.7 Å². The van der Waals surface area contributed by atoms with Crippen molar-refractivity contribution in [1.29, 1.82) is 0 Å². The maximum absolute atomic E-state index is 13.2. The number of hydrogen-bond acceptors (Lipinski definition) is 6. The van der Waals surface area contributed by atoms with Crippen molar-refractivity contribution in [3.8, 4) is 11.5 Å². The van der Waals surface area contributed by atoms with Crippen LogP contribution in [-0.4, -0.2) is 41.1 Å². The lowest BCUT2D eigenvalue weighted by molar-refractivity contribution is -0.149. The Morgan fingerprint density at radius 3 is 2.63 bits per heavy atom. The van der Waals surface area contributed by atoms with Gasteiger partial charge in [-0.25, -0.2) is 0 Å². The quantitative estimate of drug-likeness (QED) is 0.554. The van der Waals surface area contributed by atoms with Crippen LogP contribution in [0.15, 0.2) is 6.07 Å². The number of esters is 1. The molecular weight excluding hydrogens is 348 g/mol. The largest absolute Gasteiger partial charge is 0.504 e. The second-order valence-corrected chi connectivity index (χ2v) is 9.03. The number of methoxy groups -OCH3 is 1. The van der Waals surface area contributed by atoms with E-state index in [0.717, 1.165) is 12.8 Å². The van der Waals surface area contributed by atoms with Gasteiger partial charge in [0, 0.05) is 36.7 Å². The number of ether oxygens (including phenoxy) is 2. The normalized spacial score (nSPS) is 34.6. The molecule has 3 N–H and O–H groups in total. The number of carbonyl (C=O) groups excluding carboxylic acids is 1. The highest BCUT2D eigenvalue weighted by Gasteiger charge is 2.70. The third-order valence-corrected chi connectivity index (χ3v) is 7.14. The Labute approximate surface area is 159 Å². The second kappa shape index (κ2) is 5.85. The molecule has 6 nitrogen and oxygen atoms in total. The van der Waals surface area contributed by atoms with Gasteiger partial charge >= 0.3 is 5.97 Å². The number of phenols is 2. The van der Waals surface area contributed by atoms with E-state index in [1.54, 1.807) is 20.1 Å². The minimum atomic E-state index is -0.959. The molecule has 2 bridgehead atoms. The van der Waals surface area contributed by atoms with Gasteiger partial charge in [-0.15, -0.1) is 0 Å². The predicted molar refractivity (Wildman–Crippen MR) is 97.7 cm³/mol. The summed E-state index contributed by atoms with van der Waals surface area (Å²) < 4.78 is 11.6. The molecule has 0 spiro atoms. The zero-order valence-electron chi connectivity index (χ0n) is 16.3. The molecule has 1 aromatic carbocycles. The molecule has 6 heteroatoms. The molecule has 148 valence electrons. The van der Waals surface area contributed by atoms with E-state index < -0.39 is 17.6 Å². The van der Waals surface area contributed by atoms with Crippen molar-refractivity contribution < 1.29 is 29.6 Å². The molecule has 4 rings (SSSR count). The summed E-state index contributed by atoms with van der Waals surface area (Å²) in [5.41, 5.74) is 0.472. The number of hydrogen-bond donors (Lipinski definition) is 3. The molecule has 1 aliphatic heterocycles. The molecule has 0 radical (unpaired) electrons. The lowest BCUT2D eigenvalue weighted by Gasteiger charge is -2.52. The van der Waals surface area contributed by atoms with E-state index in [4.69, 9.17) is 9.47 Å². The van der Waals surface area contributed by atoms with E-state index in [0.29, 0.717) is 23.1 Å². The van der Waals surface area contributed by atoms with Crippen LogP contribution in [0.2, 0.25) is 0 Å². The first-order valence-corrected chi connectivity index (χ1v) is 9.64. The highest BCUT2D eigenvalue weighted by molar-refractivity contribution is 5.90. The van der Waals surface area contributed by atoms with E-state index in [9.17, 15) is 20.1 Å². The van der Waals surface area contributed by atoms with Gasteiger partial charge in [0.2, 0.25) is 0 Å². The zero-order valence-corrected chi connectivity index (χ0v) is 16.3. The van der Waals surface area contributed by atoms with Crippen LogP contribution in [0, 0.1) is 11.3 Å². The number of rotatable bonds is 3. The van der Waals surface area contributed by atoms with Gasteiger partial charge in [-0.2, -0.15) is 0 Å². The SMILES string of the molecule is CO[C@H]1c2cc([C@H](C)CO)c(O)c(O)c2[C@@]23CCCC(C)(C)[C@H]2[C@@H]1OC3=O. The van der Waals surface area contributed by atoms with Crippen LogP contribution in [0.3, 0.4) is 0 Å². The molecule has 1 heterocycles. The Balaban J connectivity index is 2.05. The maximum atomic E-state index is 13.2. The van der Waals surface area contributed by atoms with E-state index in [2.05, 4.69) is 13.8 Å². The Hall–Kier alpha value is -1.79. The van der Waals surface area contributed by atoms with Crippen molar-refractivity contribution in [3.63, 3.8) is 0 Å². The van der Waals surface area contributed by atoms with Gasteiger partial charge in [0.05, 0.1) is 0 Å². The van der Waals surface area contributed by atoms with Crippen LogP contribution < -0.4 is 0 Å². The van der Waals surface area contributed by atoms with Crippen molar-refractivity contribution >= 4 is 5.97 Å². The fourth-order valence-corrected chi connectivity index (χ4v) is 5.98. The molecule has 1 aromatic rings. The van der Waals surface area contributed by atoms with Gasteiger partial charge in [0.1, 0.15) is 17.6 Å². The third kappa shape index (κ3) is 2.17. The van der Waals surface area contributed by atoms with E-state index in [1.807, 2.05) is 0 Å². The smallest absolute Gasteiger partial charge is 0.317 e. The molecule has 27 heavy (non-hydrogen) atoms. The lowest BCUT2D eigenvalue weighted by Crippen LogP contribution is -2.54. The molecule has 0 aromatic heterocycles. The summed E-state index contributed by atoms with van der Waals surface area (Å²) in [6.07, 6.45) is 1.45. The summed E-state index contributed by atoms with van der Waals surface area (Å²) in [6, 6.07) is 1.77. The number of aliphatic hydroxyl groups is 1. The monoisotopic (exact) mass is 376 g/mol. The van der Waals surface area contributed by atoms with Crippen molar-refractivity contribution in [1.82, 2.24) is 0 Å². The van der Waals surface area contributed by atoms with Crippen molar-refractivity contribution in [2.45, 2.75) is 63.6 Å². The van der Waals surface area contributed by atoms with E-state index >= 15 is 0 Å². The molecule has 0 amide bonds. The first-order valence-electron chi connectivity index (χ1n) is 9.64. The van der Waals surface area contributed by atoms with Crippen LogP contribution in [0.4, 0.5) is 0 Å². The lowest BCUT2D eigenvalue weighted by atomic mass is 9.49. The first kappa shape index (κ1) is 18.6. The van der Waals surface area contributed by atoms with Gasteiger partial charge < -0.3 is 24.8 Å². The maximum Gasteiger partial charge on any atom is 0.317 e. The Morgan fingerprint density at radius 1 is 1.30 bits per heavy atom. The van der Waals surface area contributed by atoms with E-state index in [1.165, 1.54) is 0 Å². The molecular formula is C21H28O6. The Kier molecular flexibility index (Phi) is 4.02. The van der Waals surface area contributed by atoms with Crippen molar-refractivity contribution in [2.24, 2.45) is 11.3 Å². The summed E-state index contributed by atoms with van der Waals surface area (Å²) >= 11 is 0. The van der Waals surface area contributed by atoms with Crippen LogP contribution in [0.25, 0.3) is 0 Å². The minimum Gasteiger partial charge on any atom is -0.504 e. The summed E-state index contributed by atoms with van der Waals surface area (Å²) in [7, 11) is 1.57. The summed E-state index contributed by atoms with van der Waals surface area (Å²) in [5, 5.41) is 31.3. The highest BCUT2D eigenvalue weighted by Crippen LogP contribution is 2.67. The van der Waals surface area contributed by atoms with Crippen LogP contribution >= 0.6 is 0 Å². The van der Waals surface area contributed by atoms with Gasteiger partial charge in [-0.3, -0.25) is 4.79 Å². The average molecular weight is 376 g/mol. The molecule has 5 atom stereocenters. The second-order valence-electron chi connectivity index (χ2n) is 9.03. The summed E-state index contributed by atoms with van der Waals surface area (Å²) in [5.74, 6) is -1.35. The number of aliphatic hydroxyl groups excluding tert-OH is 1. The third-order valence-electron chi connectivity index (χ3n) is 7.14. The Morgan fingerprint density at radius 2 is 2.00 bits per heavy atom. The van der Waals surface area contributed by atoms with Gasteiger partial charge in [-0.05, 0) is 29.9 Å². The fourth-order valence-electron chi connectivity index (χ4n) is 5.98. The number of carbonyl (C=O) groups is 1. The molecule has 1 saturated heterocycles. The standard InChI is InChI=1S/C21H28O6/c1-10(9-22)11-8-12-13(15(24)14(11)23)21-7-5-6-20(2,3)18(21)17(16(12)26-4)27-19(21)25/h8,10,16-18,22-24H,5-7,9H2,1-4H3/t10-,16+,17-,18-,21+/m1/s1. The minimum absolute atomic E-state index is 0.130. The zero-order chi connectivity index (χ0) is 19.7. The van der Waals surface area contributed by atoms with Crippen molar-refractivity contribution in [3.05, 3.63) is 22.8 Å². The Bertz CT molecular complexity index is 800. The molecule has 1 saturated carbocycles.